The van der Waals surface area contributed by atoms with E-state index in [2.05, 4.69) is 15.3 Å². The van der Waals surface area contributed by atoms with E-state index in [-0.39, 0.29) is 11.1 Å². The first-order valence-electron chi connectivity index (χ1n) is 6.13. The standard InChI is InChI=1S/C14H15ClFN3/c1-2-19-14(11-7-17-9-18-8-11)6-10-3-4-12(15)13(16)5-10/h3-5,7-9,14,19H,2,6H2,1H3. The second-order valence-corrected chi connectivity index (χ2v) is 4.64. The summed E-state index contributed by atoms with van der Waals surface area (Å²) >= 11 is 5.68. The number of nitrogens with zero attached hydrogens (tertiary/aromatic N) is 2. The lowest BCUT2D eigenvalue weighted by Gasteiger charge is -2.17. The first kappa shape index (κ1) is 13.9. The van der Waals surface area contributed by atoms with Crippen LogP contribution in [-0.2, 0) is 6.42 Å². The first-order valence-corrected chi connectivity index (χ1v) is 6.50. The predicted molar refractivity (Wildman–Crippen MR) is 73.6 cm³/mol. The van der Waals surface area contributed by atoms with Gasteiger partial charge in [-0.15, -0.1) is 0 Å². The van der Waals surface area contributed by atoms with Crippen LogP contribution in [0.3, 0.4) is 0 Å². The molecule has 0 aliphatic heterocycles. The third kappa shape index (κ3) is 3.72. The topological polar surface area (TPSA) is 37.8 Å². The van der Waals surface area contributed by atoms with Gasteiger partial charge in [0.2, 0.25) is 0 Å². The second-order valence-electron chi connectivity index (χ2n) is 4.23. The molecular formula is C14H15ClFN3. The number of likely N-dealkylation sites (N-methyl/N-ethyl adjacent to an activating group) is 1. The maximum absolute atomic E-state index is 13.4. The minimum Gasteiger partial charge on any atom is -0.310 e. The van der Waals surface area contributed by atoms with E-state index in [1.807, 2.05) is 13.0 Å². The Balaban J connectivity index is 2.19. The molecule has 0 aliphatic rings. The Bertz CT molecular complexity index is 533. The van der Waals surface area contributed by atoms with Gasteiger partial charge in [-0.3, -0.25) is 0 Å². The fourth-order valence-electron chi connectivity index (χ4n) is 1.95. The maximum atomic E-state index is 13.4. The van der Waals surface area contributed by atoms with Gasteiger partial charge in [0.05, 0.1) is 5.02 Å². The van der Waals surface area contributed by atoms with Gasteiger partial charge in [0.25, 0.3) is 0 Å². The van der Waals surface area contributed by atoms with E-state index in [0.29, 0.717) is 6.42 Å². The molecular weight excluding hydrogens is 265 g/mol. The zero-order chi connectivity index (χ0) is 13.7. The molecule has 0 radical (unpaired) electrons. The molecule has 0 aliphatic carbocycles. The Morgan fingerprint density at radius 1 is 1.32 bits per heavy atom. The summed E-state index contributed by atoms with van der Waals surface area (Å²) in [6.07, 6.45) is 5.70. The summed E-state index contributed by atoms with van der Waals surface area (Å²) < 4.78 is 13.4. The molecule has 3 nitrogen and oxygen atoms in total. The van der Waals surface area contributed by atoms with E-state index in [1.165, 1.54) is 12.4 Å². The van der Waals surface area contributed by atoms with Gasteiger partial charge < -0.3 is 5.32 Å². The van der Waals surface area contributed by atoms with Gasteiger partial charge in [0.1, 0.15) is 12.1 Å². The van der Waals surface area contributed by atoms with Crippen LogP contribution in [-0.4, -0.2) is 16.5 Å². The van der Waals surface area contributed by atoms with Crippen LogP contribution >= 0.6 is 11.6 Å². The van der Waals surface area contributed by atoms with Crippen LogP contribution in [0.4, 0.5) is 4.39 Å². The summed E-state index contributed by atoms with van der Waals surface area (Å²) in [7, 11) is 0. The summed E-state index contributed by atoms with van der Waals surface area (Å²) in [5.41, 5.74) is 1.87. The molecule has 1 unspecified atom stereocenters. The molecule has 1 atom stereocenters. The highest BCUT2D eigenvalue weighted by Crippen LogP contribution is 2.21. The normalized spacial score (nSPS) is 12.4. The fourth-order valence-corrected chi connectivity index (χ4v) is 2.06. The number of hydrogen-bond donors (Lipinski definition) is 1. The second kappa shape index (κ2) is 6.59. The van der Waals surface area contributed by atoms with Gasteiger partial charge in [-0.25, -0.2) is 14.4 Å². The van der Waals surface area contributed by atoms with Crippen molar-refractivity contribution < 1.29 is 4.39 Å². The third-order valence-electron chi connectivity index (χ3n) is 2.86. The largest absolute Gasteiger partial charge is 0.310 e. The van der Waals surface area contributed by atoms with E-state index in [9.17, 15) is 4.39 Å². The van der Waals surface area contributed by atoms with Crippen LogP contribution in [0, 0.1) is 5.82 Å². The summed E-state index contributed by atoms with van der Waals surface area (Å²) in [6.45, 7) is 2.84. The monoisotopic (exact) mass is 279 g/mol. The van der Waals surface area contributed by atoms with Crippen molar-refractivity contribution in [1.29, 1.82) is 0 Å². The predicted octanol–water partition coefficient (Wildman–Crippen LogP) is 3.16. The van der Waals surface area contributed by atoms with Crippen LogP contribution in [0.25, 0.3) is 0 Å². The van der Waals surface area contributed by atoms with Gasteiger partial charge >= 0.3 is 0 Å². The highest BCUT2D eigenvalue weighted by molar-refractivity contribution is 6.30. The Morgan fingerprint density at radius 2 is 2.05 bits per heavy atom. The van der Waals surface area contributed by atoms with Crippen molar-refractivity contribution in [3.05, 3.63) is 58.9 Å². The lowest BCUT2D eigenvalue weighted by Crippen LogP contribution is -2.23. The van der Waals surface area contributed by atoms with Crippen LogP contribution < -0.4 is 5.32 Å². The van der Waals surface area contributed by atoms with Crippen molar-refractivity contribution in [3.8, 4) is 0 Å². The first-order chi connectivity index (χ1) is 9.20. The van der Waals surface area contributed by atoms with E-state index in [1.54, 1.807) is 18.5 Å². The van der Waals surface area contributed by atoms with Crippen molar-refractivity contribution in [3.63, 3.8) is 0 Å². The Labute approximate surface area is 116 Å². The lowest BCUT2D eigenvalue weighted by atomic mass is 10.0. The highest BCUT2D eigenvalue weighted by Gasteiger charge is 2.12. The fraction of sp³-hybridized carbons (Fsp3) is 0.286. The molecule has 1 aromatic carbocycles. The molecule has 2 aromatic rings. The van der Waals surface area contributed by atoms with E-state index in [0.717, 1.165) is 17.7 Å². The Kier molecular flexibility index (Phi) is 4.82. The smallest absolute Gasteiger partial charge is 0.142 e. The summed E-state index contributed by atoms with van der Waals surface area (Å²) in [6, 6.07) is 4.94. The molecule has 100 valence electrons. The quantitative estimate of drug-likeness (QED) is 0.914. The lowest BCUT2D eigenvalue weighted by molar-refractivity contribution is 0.543. The third-order valence-corrected chi connectivity index (χ3v) is 3.16. The molecule has 0 saturated carbocycles. The highest BCUT2D eigenvalue weighted by atomic mass is 35.5. The zero-order valence-electron chi connectivity index (χ0n) is 10.6. The molecule has 0 spiro atoms. The van der Waals surface area contributed by atoms with Crippen LogP contribution in [0.5, 0.6) is 0 Å². The average Bonchev–Trinajstić information content (AvgIpc) is 2.43. The van der Waals surface area contributed by atoms with Crippen LogP contribution in [0.15, 0.2) is 36.9 Å². The number of aromatic nitrogens is 2. The Morgan fingerprint density at radius 3 is 2.68 bits per heavy atom. The molecule has 0 saturated heterocycles. The van der Waals surface area contributed by atoms with E-state index >= 15 is 0 Å². The molecule has 5 heteroatoms. The maximum Gasteiger partial charge on any atom is 0.142 e. The molecule has 0 fully saturated rings. The van der Waals surface area contributed by atoms with E-state index in [4.69, 9.17) is 11.6 Å². The zero-order valence-corrected chi connectivity index (χ0v) is 11.4. The van der Waals surface area contributed by atoms with Gasteiger partial charge in [-0.1, -0.05) is 24.6 Å². The van der Waals surface area contributed by atoms with Gasteiger partial charge in [-0.2, -0.15) is 0 Å². The molecule has 1 heterocycles. The molecule has 1 N–H and O–H groups in total. The minimum atomic E-state index is -0.390. The van der Waals surface area contributed by atoms with Crippen molar-refractivity contribution in [2.75, 3.05) is 6.54 Å². The molecule has 0 bridgehead atoms. The number of halogens is 2. The van der Waals surface area contributed by atoms with Crippen molar-refractivity contribution in [1.82, 2.24) is 15.3 Å². The Hall–Kier alpha value is -1.52. The van der Waals surface area contributed by atoms with Gasteiger partial charge in [0.15, 0.2) is 0 Å². The van der Waals surface area contributed by atoms with Crippen molar-refractivity contribution in [2.24, 2.45) is 0 Å². The number of hydrogen-bond acceptors (Lipinski definition) is 3. The number of benzene rings is 1. The van der Waals surface area contributed by atoms with Crippen molar-refractivity contribution >= 4 is 11.6 Å². The summed E-state index contributed by atoms with van der Waals surface area (Å²) in [4.78, 5) is 8.03. The summed E-state index contributed by atoms with van der Waals surface area (Å²) in [5.74, 6) is -0.390. The molecule has 2 rings (SSSR count). The molecule has 0 amide bonds. The van der Waals surface area contributed by atoms with Crippen LogP contribution in [0.1, 0.15) is 24.1 Å². The van der Waals surface area contributed by atoms with Gasteiger partial charge in [-0.05, 0) is 30.7 Å². The van der Waals surface area contributed by atoms with Crippen molar-refractivity contribution in [2.45, 2.75) is 19.4 Å². The number of rotatable bonds is 5. The molecule has 1 aromatic heterocycles. The van der Waals surface area contributed by atoms with Crippen LogP contribution in [0.2, 0.25) is 5.02 Å². The summed E-state index contributed by atoms with van der Waals surface area (Å²) in [5, 5.41) is 3.49. The average molecular weight is 280 g/mol. The van der Waals surface area contributed by atoms with Gasteiger partial charge in [0, 0.05) is 24.0 Å². The van der Waals surface area contributed by atoms with E-state index < -0.39 is 5.82 Å². The number of nitrogens with one attached hydrogen (secondary N) is 1. The molecule has 19 heavy (non-hydrogen) atoms. The SMILES string of the molecule is CCNC(Cc1ccc(Cl)c(F)c1)c1cncnc1. The minimum absolute atomic E-state index is 0.0618.